The van der Waals surface area contributed by atoms with Gasteiger partial charge in [-0.25, -0.2) is 0 Å². The average Bonchev–Trinajstić information content (AvgIpc) is 2.55. The maximum Gasteiger partial charge on any atom is 0.248 e. The highest BCUT2D eigenvalue weighted by Gasteiger charge is 2.42. The second-order valence-corrected chi connectivity index (χ2v) is 6.68. The molecule has 0 bridgehead atoms. The van der Waals surface area contributed by atoms with Crippen molar-refractivity contribution in [1.29, 1.82) is 0 Å². The molecule has 0 saturated carbocycles. The Kier molecular flexibility index (Phi) is 4.94. The Morgan fingerprint density at radius 3 is 2.33 bits per heavy atom. The predicted octanol–water partition coefficient (Wildman–Crippen LogP) is 1.25. The molecule has 1 N–H and O–H groups in total. The smallest absolute Gasteiger partial charge is 0.248 e. The predicted molar refractivity (Wildman–Crippen MR) is 86.7 cm³/mol. The molecular weight excluding hydrogens is 308 g/mol. The summed E-state index contributed by atoms with van der Waals surface area (Å²) in [5, 5.41) is 2.35. The van der Waals surface area contributed by atoms with Crippen LogP contribution in [0.3, 0.4) is 0 Å². The lowest BCUT2D eigenvalue weighted by atomic mass is 9.71. The zero-order valence-electron chi connectivity index (χ0n) is 13.6. The highest BCUT2D eigenvalue weighted by molar-refractivity contribution is 5.98. The quantitative estimate of drug-likeness (QED) is 0.843. The fraction of sp³-hybridized carbons (Fsp3) is 0.500. The molecule has 2 saturated heterocycles. The van der Waals surface area contributed by atoms with Crippen molar-refractivity contribution in [3.8, 4) is 0 Å². The van der Waals surface area contributed by atoms with Gasteiger partial charge in [-0.15, -0.1) is 0 Å². The van der Waals surface area contributed by atoms with Gasteiger partial charge in [0.05, 0.1) is 6.61 Å². The van der Waals surface area contributed by atoms with Crippen LogP contribution in [0.25, 0.3) is 0 Å². The number of hydrogen-bond acceptors (Lipinski definition) is 4. The first-order valence-electron chi connectivity index (χ1n) is 8.28. The van der Waals surface area contributed by atoms with Gasteiger partial charge in [0, 0.05) is 25.9 Å². The van der Waals surface area contributed by atoms with Crippen LogP contribution < -0.4 is 5.32 Å². The van der Waals surface area contributed by atoms with Crippen molar-refractivity contribution >= 4 is 17.7 Å². The number of amides is 3. The number of ether oxygens (including phenoxy) is 1. The summed E-state index contributed by atoms with van der Waals surface area (Å²) in [6.07, 6.45) is 2.14. The molecule has 3 rings (SSSR count). The lowest BCUT2D eigenvalue weighted by Crippen LogP contribution is -2.51. The molecule has 0 aromatic heterocycles. The van der Waals surface area contributed by atoms with Crippen molar-refractivity contribution in [2.75, 3.05) is 19.7 Å². The first kappa shape index (κ1) is 16.6. The van der Waals surface area contributed by atoms with E-state index in [9.17, 15) is 14.4 Å². The highest BCUT2D eigenvalue weighted by Crippen LogP contribution is 2.40. The summed E-state index contributed by atoms with van der Waals surface area (Å²) in [4.78, 5) is 37.2. The Morgan fingerprint density at radius 2 is 1.71 bits per heavy atom. The number of rotatable bonds is 4. The molecule has 0 radical (unpaired) electrons. The molecule has 0 atom stereocenters. The second kappa shape index (κ2) is 7.13. The van der Waals surface area contributed by atoms with Crippen LogP contribution in [0.2, 0.25) is 0 Å². The SMILES string of the molecule is O=C1CC2(CCN(C(=O)COCc3ccccc3)CC2)CC(=O)N1. The number of imide groups is 1. The number of nitrogens with zero attached hydrogens (tertiary/aromatic N) is 1. The number of piperidine rings is 2. The van der Waals surface area contributed by atoms with Crippen LogP contribution in [-0.4, -0.2) is 42.3 Å². The maximum absolute atomic E-state index is 12.2. The fourth-order valence-electron chi connectivity index (χ4n) is 3.49. The van der Waals surface area contributed by atoms with Crippen LogP contribution in [-0.2, 0) is 25.7 Å². The molecule has 24 heavy (non-hydrogen) atoms. The second-order valence-electron chi connectivity index (χ2n) is 6.68. The largest absolute Gasteiger partial charge is 0.367 e. The fourth-order valence-corrected chi connectivity index (χ4v) is 3.49. The van der Waals surface area contributed by atoms with Crippen LogP contribution in [0.1, 0.15) is 31.2 Å². The number of hydrogen-bond donors (Lipinski definition) is 1. The van der Waals surface area contributed by atoms with Crippen LogP contribution in [0.15, 0.2) is 30.3 Å². The molecule has 0 unspecified atom stereocenters. The average molecular weight is 330 g/mol. The van der Waals surface area contributed by atoms with Crippen LogP contribution in [0.5, 0.6) is 0 Å². The number of carbonyl (C=O) groups is 3. The van der Waals surface area contributed by atoms with E-state index in [1.54, 1.807) is 4.90 Å². The third kappa shape index (κ3) is 4.00. The Morgan fingerprint density at radius 1 is 1.08 bits per heavy atom. The molecule has 1 spiro atoms. The molecule has 1 aromatic rings. The van der Waals surface area contributed by atoms with Crippen LogP contribution >= 0.6 is 0 Å². The molecule has 1 aromatic carbocycles. The molecule has 128 valence electrons. The van der Waals surface area contributed by atoms with Gasteiger partial charge in [-0.3, -0.25) is 19.7 Å². The van der Waals surface area contributed by atoms with E-state index in [-0.39, 0.29) is 29.7 Å². The van der Waals surface area contributed by atoms with Crippen LogP contribution in [0, 0.1) is 5.41 Å². The van der Waals surface area contributed by atoms with Gasteiger partial charge in [0.1, 0.15) is 6.61 Å². The van der Waals surface area contributed by atoms with Crippen molar-refractivity contribution in [2.45, 2.75) is 32.3 Å². The van der Waals surface area contributed by atoms with Gasteiger partial charge in [0.2, 0.25) is 17.7 Å². The normalized spacial score (nSPS) is 20.1. The van der Waals surface area contributed by atoms with E-state index in [2.05, 4.69) is 5.32 Å². The van der Waals surface area contributed by atoms with Gasteiger partial charge in [-0.2, -0.15) is 0 Å². The van der Waals surface area contributed by atoms with E-state index in [0.717, 1.165) is 5.56 Å². The van der Waals surface area contributed by atoms with Crippen molar-refractivity contribution in [3.05, 3.63) is 35.9 Å². The van der Waals surface area contributed by atoms with Crippen LogP contribution in [0.4, 0.5) is 0 Å². The van der Waals surface area contributed by atoms with Gasteiger partial charge >= 0.3 is 0 Å². The maximum atomic E-state index is 12.2. The van der Waals surface area contributed by atoms with E-state index in [4.69, 9.17) is 4.74 Å². The Hall–Kier alpha value is -2.21. The summed E-state index contributed by atoms with van der Waals surface area (Å²) in [6, 6.07) is 9.73. The monoisotopic (exact) mass is 330 g/mol. The molecular formula is C18H22N2O4. The molecule has 6 nitrogen and oxygen atoms in total. The lowest BCUT2D eigenvalue weighted by Gasteiger charge is -2.42. The molecule has 2 aliphatic rings. The Labute approximate surface area is 141 Å². The van der Waals surface area contributed by atoms with Gasteiger partial charge in [-0.1, -0.05) is 30.3 Å². The summed E-state index contributed by atoms with van der Waals surface area (Å²) in [6.45, 7) is 1.63. The Balaban J connectivity index is 1.45. The third-order valence-electron chi connectivity index (χ3n) is 4.86. The van der Waals surface area contributed by atoms with E-state index in [1.165, 1.54) is 0 Å². The summed E-state index contributed by atoms with van der Waals surface area (Å²) >= 11 is 0. The lowest BCUT2D eigenvalue weighted by molar-refractivity contribution is -0.143. The minimum absolute atomic E-state index is 0.0348. The Bertz CT molecular complexity index is 603. The molecule has 0 aliphatic carbocycles. The summed E-state index contributed by atoms with van der Waals surface area (Å²) in [5.41, 5.74) is 0.774. The van der Waals surface area contributed by atoms with E-state index in [0.29, 0.717) is 45.4 Å². The summed E-state index contributed by atoms with van der Waals surface area (Å²) in [7, 11) is 0. The summed E-state index contributed by atoms with van der Waals surface area (Å²) in [5.74, 6) is -0.429. The van der Waals surface area contributed by atoms with Crippen molar-refractivity contribution in [3.63, 3.8) is 0 Å². The van der Waals surface area contributed by atoms with Gasteiger partial charge in [-0.05, 0) is 23.8 Å². The molecule has 6 heteroatoms. The molecule has 2 aliphatic heterocycles. The summed E-state index contributed by atoms with van der Waals surface area (Å²) < 4.78 is 5.50. The van der Waals surface area contributed by atoms with Crippen molar-refractivity contribution < 1.29 is 19.1 Å². The number of carbonyl (C=O) groups excluding carboxylic acids is 3. The first-order chi connectivity index (χ1) is 11.6. The minimum atomic E-state index is -0.263. The standard InChI is InChI=1S/C18H22N2O4/c21-15-10-18(11-16(22)19-15)6-8-20(9-7-18)17(23)13-24-12-14-4-2-1-3-5-14/h1-5H,6-13H2,(H,19,21,22). The topological polar surface area (TPSA) is 75.7 Å². The number of nitrogens with one attached hydrogen (secondary N) is 1. The minimum Gasteiger partial charge on any atom is -0.367 e. The number of benzene rings is 1. The zero-order chi connectivity index (χ0) is 17.0. The molecule has 2 fully saturated rings. The number of likely N-dealkylation sites (tertiary alicyclic amines) is 1. The molecule has 2 heterocycles. The van der Waals surface area contributed by atoms with E-state index < -0.39 is 0 Å². The van der Waals surface area contributed by atoms with Crippen molar-refractivity contribution in [1.82, 2.24) is 10.2 Å². The first-order valence-corrected chi connectivity index (χ1v) is 8.28. The zero-order valence-corrected chi connectivity index (χ0v) is 13.6. The van der Waals surface area contributed by atoms with Gasteiger partial charge in [0.15, 0.2) is 0 Å². The van der Waals surface area contributed by atoms with E-state index >= 15 is 0 Å². The van der Waals surface area contributed by atoms with Crippen molar-refractivity contribution in [2.24, 2.45) is 5.41 Å². The van der Waals surface area contributed by atoms with Gasteiger partial charge < -0.3 is 9.64 Å². The third-order valence-corrected chi connectivity index (χ3v) is 4.86. The molecule has 3 amide bonds. The van der Waals surface area contributed by atoms with E-state index in [1.807, 2.05) is 30.3 Å². The van der Waals surface area contributed by atoms with Gasteiger partial charge in [0.25, 0.3) is 0 Å². The highest BCUT2D eigenvalue weighted by atomic mass is 16.5.